The van der Waals surface area contributed by atoms with Gasteiger partial charge in [-0.2, -0.15) is 0 Å². The first kappa shape index (κ1) is 15.3. The minimum absolute atomic E-state index is 0.0511. The molecule has 0 unspecified atom stereocenters. The number of ether oxygens (including phenoxy) is 1. The van der Waals surface area contributed by atoms with Crippen molar-refractivity contribution in [1.29, 1.82) is 0 Å². The zero-order chi connectivity index (χ0) is 16.6. The minimum Gasteiger partial charge on any atom is -0.455 e. The number of pyridine rings is 1. The van der Waals surface area contributed by atoms with E-state index in [-0.39, 0.29) is 11.3 Å². The molecule has 0 saturated heterocycles. The molecule has 0 bridgehead atoms. The summed E-state index contributed by atoms with van der Waals surface area (Å²) >= 11 is 0. The predicted molar refractivity (Wildman–Crippen MR) is 82.2 cm³/mol. The molecule has 2 nitrogen and oxygen atoms in total. The van der Waals surface area contributed by atoms with Crippen LogP contribution in [0.2, 0.25) is 0 Å². The van der Waals surface area contributed by atoms with Crippen LogP contribution in [-0.4, -0.2) is 4.98 Å². The lowest BCUT2D eigenvalue weighted by molar-refractivity contribution is 0.462. The third-order valence-corrected chi connectivity index (χ3v) is 3.67. The number of halogens is 3. The number of hydrogen-bond donors (Lipinski definition) is 0. The molecular weight excluding hydrogens is 303 g/mol. The molecular formula is C18H14F3NO. The van der Waals surface area contributed by atoms with Crippen molar-refractivity contribution in [2.75, 3.05) is 0 Å². The number of fused-ring (bicyclic) bond motifs is 1. The maximum absolute atomic E-state index is 13.8. The maximum atomic E-state index is 13.8. The molecule has 0 aliphatic heterocycles. The van der Waals surface area contributed by atoms with Crippen molar-refractivity contribution < 1.29 is 17.9 Å². The van der Waals surface area contributed by atoms with Crippen LogP contribution in [0.3, 0.4) is 0 Å². The van der Waals surface area contributed by atoms with Gasteiger partial charge in [-0.15, -0.1) is 0 Å². The van der Waals surface area contributed by atoms with Crippen LogP contribution in [0.1, 0.15) is 18.2 Å². The monoisotopic (exact) mass is 317 g/mol. The Labute approximate surface area is 131 Å². The first-order valence-corrected chi connectivity index (χ1v) is 7.22. The summed E-state index contributed by atoms with van der Waals surface area (Å²) in [6, 6.07) is 8.64. The van der Waals surface area contributed by atoms with E-state index in [1.807, 2.05) is 6.92 Å². The topological polar surface area (TPSA) is 22.1 Å². The average molecular weight is 317 g/mol. The summed E-state index contributed by atoms with van der Waals surface area (Å²) in [7, 11) is 0. The number of hydrogen-bond acceptors (Lipinski definition) is 2. The smallest absolute Gasteiger partial charge is 0.184 e. The van der Waals surface area contributed by atoms with Crippen molar-refractivity contribution >= 4 is 10.9 Å². The molecule has 1 aromatic heterocycles. The number of rotatable bonds is 3. The standard InChI is InChI=1S/C18H14F3NO/c1-3-12-13(19)5-4-6-15(12)23-16-9-11-7-8-14(20)17(21)18(11)22-10(16)2/h4-9H,3H2,1-2H3. The highest BCUT2D eigenvalue weighted by molar-refractivity contribution is 5.81. The largest absolute Gasteiger partial charge is 0.455 e. The van der Waals surface area contributed by atoms with Crippen LogP contribution in [0.25, 0.3) is 10.9 Å². The Hall–Kier alpha value is -2.56. The van der Waals surface area contributed by atoms with Gasteiger partial charge in [0.2, 0.25) is 0 Å². The Morgan fingerprint density at radius 3 is 2.52 bits per heavy atom. The molecule has 0 amide bonds. The zero-order valence-corrected chi connectivity index (χ0v) is 12.7. The van der Waals surface area contributed by atoms with E-state index >= 15 is 0 Å². The van der Waals surface area contributed by atoms with Gasteiger partial charge in [-0.05, 0) is 43.7 Å². The molecule has 0 atom stereocenters. The van der Waals surface area contributed by atoms with Gasteiger partial charge in [0.05, 0.1) is 5.69 Å². The molecule has 0 aliphatic rings. The van der Waals surface area contributed by atoms with Crippen molar-refractivity contribution in [3.05, 3.63) is 65.1 Å². The Morgan fingerprint density at radius 2 is 1.78 bits per heavy atom. The maximum Gasteiger partial charge on any atom is 0.184 e. The number of aromatic nitrogens is 1. The molecule has 0 N–H and O–H groups in total. The van der Waals surface area contributed by atoms with E-state index < -0.39 is 11.6 Å². The van der Waals surface area contributed by atoms with E-state index in [1.165, 1.54) is 12.1 Å². The van der Waals surface area contributed by atoms with Gasteiger partial charge < -0.3 is 4.74 Å². The van der Waals surface area contributed by atoms with E-state index in [9.17, 15) is 13.2 Å². The fourth-order valence-electron chi connectivity index (χ4n) is 2.45. The molecule has 23 heavy (non-hydrogen) atoms. The second kappa shape index (κ2) is 5.91. The summed E-state index contributed by atoms with van der Waals surface area (Å²) < 4.78 is 46.7. The Morgan fingerprint density at radius 1 is 1.00 bits per heavy atom. The third kappa shape index (κ3) is 2.74. The highest BCUT2D eigenvalue weighted by atomic mass is 19.2. The van der Waals surface area contributed by atoms with Crippen LogP contribution in [0.15, 0.2) is 36.4 Å². The van der Waals surface area contributed by atoms with E-state index in [4.69, 9.17) is 4.74 Å². The summed E-state index contributed by atoms with van der Waals surface area (Å²) in [6.07, 6.45) is 0.474. The lowest BCUT2D eigenvalue weighted by atomic mass is 10.1. The van der Waals surface area contributed by atoms with Crippen molar-refractivity contribution in [2.45, 2.75) is 20.3 Å². The summed E-state index contributed by atoms with van der Waals surface area (Å²) in [5, 5.41) is 0.416. The summed E-state index contributed by atoms with van der Waals surface area (Å²) in [5.74, 6) is -1.51. The predicted octanol–water partition coefficient (Wildman–Crippen LogP) is 5.32. The fraction of sp³-hybridized carbons (Fsp3) is 0.167. The normalized spacial score (nSPS) is 11.0. The van der Waals surface area contributed by atoms with Gasteiger partial charge in [0.25, 0.3) is 0 Å². The van der Waals surface area contributed by atoms with Crippen molar-refractivity contribution in [3.63, 3.8) is 0 Å². The lowest BCUT2D eigenvalue weighted by Crippen LogP contribution is -1.98. The van der Waals surface area contributed by atoms with E-state index in [1.54, 1.807) is 25.1 Å². The highest BCUT2D eigenvalue weighted by Gasteiger charge is 2.14. The van der Waals surface area contributed by atoms with Crippen LogP contribution < -0.4 is 4.74 Å². The van der Waals surface area contributed by atoms with Crippen LogP contribution in [0, 0.1) is 24.4 Å². The second-order valence-corrected chi connectivity index (χ2v) is 5.18. The van der Waals surface area contributed by atoms with Gasteiger partial charge in [-0.3, -0.25) is 0 Å². The molecule has 2 aromatic carbocycles. The molecule has 3 rings (SSSR count). The van der Waals surface area contributed by atoms with Crippen LogP contribution in [-0.2, 0) is 6.42 Å². The number of benzene rings is 2. The highest BCUT2D eigenvalue weighted by Crippen LogP contribution is 2.32. The van der Waals surface area contributed by atoms with Crippen molar-refractivity contribution in [3.8, 4) is 11.5 Å². The Kier molecular flexibility index (Phi) is 3.94. The molecule has 3 aromatic rings. The fourth-order valence-corrected chi connectivity index (χ4v) is 2.45. The second-order valence-electron chi connectivity index (χ2n) is 5.18. The molecule has 0 radical (unpaired) electrons. The number of aryl methyl sites for hydroxylation is 1. The van der Waals surface area contributed by atoms with Crippen molar-refractivity contribution in [2.24, 2.45) is 0 Å². The van der Waals surface area contributed by atoms with E-state index in [2.05, 4.69) is 4.98 Å². The Bertz CT molecular complexity index is 893. The third-order valence-electron chi connectivity index (χ3n) is 3.67. The van der Waals surface area contributed by atoms with Gasteiger partial charge in [-0.25, -0.2) is 18.2 Å². The Balaban J connectivity index is 2.09. The SMILES string of the molecule is CCc1c(F)cccc1Oc1cc2ccc(F)c(F)c2nc1C. The van der Waals surface area contributed by atoms with E-state index in [0.29, 0.717) is 34.6 Å². The molecule has 5 heteroatoms. The van der Waals surface area contributed by atoms with Gasteiger partial charge in [0, 0.05) is 10.9 Å². The molecule has 0 aliphatic carbocycles. The van der Waals surface area contributed by atoms with Gasteiger partial charge in [0.1, 0.15) is 22.8 Å². The lowest BCUT2D eigenvalue weighted by Gasteiger charge is -2.13. The van der Waals surface area contributed by atoms with Crippen LogP contribution in [0.5, 0.6) is 11.5 Å². The molecule has 0 saturated carbocycles. The van der Waals surface area contributed by atoms with E-state index in [0.717, 1.165) is 6.07 Å². The molecule has 0 spiro atoms. The van der Waals surface area contributed by atoms with Gasteiger partial charge in [-0.1, -0.05) is 13.0 Å². The zero-order valence-electron chi connectivity index (χ0n) is 12.7. The minimum atomic E-state index is -0.989. The molecule has 0 fully saturated rings. The molecule has 118 valence electrons. The summed E-state index contributed by atoms with van der Waals surface area (Å²) in [4.78, 5) is 4.08. The first-order chi connectivity index (χ1) is 11.0. The van der Waals surface area contributed by atoms with Gasteiger partial charge in [0.15, 0.2) is 11.6 Å². The van der Waals surface area contributed by atoms with Gasteiger partial charge >= 0.3 is 0 Å². The van der Waals surface area contributed by atoms with Crippen LogP contribution >= 0.6 is 0 Å². The number of nitrogens with zero attached hydrogens (tertiary/aromatic N) is 1. The van der Waals surface area contributed by atoms with Crippen LogP contribution in [0.4, 0.5) is 13.2 Å². The quantitative estimate of drug-likeness (QED) is 0.652. The first-order valence-electron chi connectivity index (χ1n) is 7.22. The van der Waals surface area contributed by atoms with Crippen molar-refractivity contribution in [1.82, 2.24) is 4.98 Å². The average Bonchev–Trinajstić information content (AvgIpc) is 2.53. The summed E-state index contributed by atoms with van der Waals surface area (Å²) in [6.45, 7) is 3.46. The summed E-state index contributed by atoms with van der Waals surface area (Å²) in [5.41, 5.74) is 0.801. The molecule has 1 heterocycles.